The molecule has 2 amide bonds. The number of nitrogens with one attached hydrogen (secondary N) is 1. The molecule has 134 valence electrons. The van der Waals surface area contributed by atoms with Crippen molar-refractivity contribution in [2.75, 3.05) is 47.1 Å². The molecule has 1 aromatic carbocycles. The Morgan fingerprint density at radius 3 is 2.68 bits per heavy atom. The molecule has 2 fully saturated rings. The first-order chi connectivity index (χ1) is 12.0. The van der Waals surface area contributed by atoms with Crippen LogP contribution in [0.5, 0.6) is 11.5 Å². The summed E-state index contributed by atoms with van der Waals surface area (Å²) in [6.07, 6.45) is 0. The van der Waals surface area contributed by atoms with E-state index in [1.165, 1.54) is 0 Å². The van der Waals surface area contributed by atoms with E-state index in [1.807, 2.05) is 11.9 Å². The summed E-state index contributed by atoms with van der Waals surface area (Å²) in [5, 5.41) is 2.65. The maximum Gasteiger partial charge on any atom is 0.254 e. The van der Waals surface area contributed by atoms with Crippen molar-refractivity contribution in [2.24, 2.45) is 0 Å². The summed E-state index contributed by atoms with van der Waals surface area (Å²) < 4.78 is 16.6. The highest BCUT2D eigenvalue weighted by Crippen LogP contribution is 2.35. The van der Waals surface area contributed by atoms with E-state index in [1.54, 1.807) is 30.1 Å². The number of nitrogens with zero attached hydrogens (tertiary/aromatic N) is 2. The van der Waals surface area contributed by atoms with Crippen LogP contribution in [0.3, 0.4) is 0 Å². The van der Waals surface area contributed by atoms with Crippen molar-refractivity contribution in [3.63, 3.8) is 0 Å². The monoisotopic (exact) mass is 347 g/mol. The van der Waals surface area contributed by atoms with Crippen LogP contribution in [0.2, 0.25) is 0 Å². The smallest absolute Gasteiger partial charge is 0.254 e. The minimum absolute atomic E-state index is 0.0510. The Hall–Kier alpha value is -2.32. The molecule has 0 aromatic heterocycles. The molecule has 3 aliphatic heterocycles. The van der Waals surface area contributed by atoms with Crippen molar-refractivity contribution in [3.8, 4) is 11.5 Å². The number of hydrogen-bond donors (Lipinski definition) is 1. The molecule has 3 aliphatic rings. The molecule has 0 unspecified atom stereocenters. The molecule has 8 nitrogen and oxygen atoms in total. The first-order valence-electron chi connectivity index (χ1n) is 8.26. The minimum atomic E-state index is -0.384. The number of benzene rings is 1. The van der Waals surface area contributed by atoms with Crippen molar-refractivity contribution >= 4 is 11.8 Å². The zero-order valence-corrected chi connectivity index (χ0v) is 14.3. The van der Waals surface area contributed by atoms with Gasteiger partial charge in [0.05, 0.1) is 19.7 Å². The van der Waals surface area contributed by atoms with Crippen LogP contribution in [0.25, 0.3) is 0 Å². The average molecular weight is 347 g/mol. The van der Waals surface area contributed by atoms with Gasteiger partial charge in [-0.1, -0.05) is 0 Å². The lowest BCUT2D eigenvalue weighted by Gasteiger charge is -2.54. The van der Waals surface area contributed by atoms with Gasteiger partial charge in [0.1, 0.15) is 11.6 Å². The van der Waals surface area contributed by atoms with Gasteiger partial charge in [0, 0.05) is 19.2 Å². The Morgan fingerprint density at radius 2 is 1.96 bits per heavy atom. The predicted octanol–water partition coefficient (Wildman–Crippen LogP) is -0.313. The van der Waals surface area contributed by atoms with Crippen LogP contribution in [0.4, 0.5) is 0 Å². The lowest BCUT2D eigenvalue weighted by Crippen LogP contribution is -2.73. The number of morpholine rings is 1. The summed E-state index contributed by atoms with van der Waals surface area (Å²) in [4.78, 5) is 28.2. The van der Waals surface area contributed by atoms with Crippen molar-refractivity contribution in [3.05, 3.63) is 23.8 Å². The second-order valence-corrected chi connectivity index (χ2v) is 6.77. The third-order valence-corrected chi connectivity index (χ3v) is 5.03. The van der Waals surface area contributed by atoms with Gasteiger partial charge in [0.2, 0.25) is 12.7 Å². The number of hydrogen-bond acceptors (Lipinski definition) is 6. The topological polar surface area (TPSA) is 80.3 Å². The largest absolute Gasteiger partial charge is 0.454 e. The lowest BCUT2D eigenvalue weighted by atomic mass is 9.90. The van der Waals surface area contributed by atoms with Crippen LogP contribution in [-0.2, 0) is 9.53 Å². The minimum Gasteiger partial charge on any atom is -0.454 e. The van der Waals surface area contributed by atoms with Crippen molar-refractivity contribution in [2.45, 2.75) is 11.6 Å². The van der Waals surface area contributed by atoms with Crippen LogP contribution in [0, 0.1) is 0 Å². The highest BCUT2D eigenvalue weighted by Gasteiger charge is 2.51. The summed E-state index contributed by atoms with van der Waals surface area (Å²) in [6.45, 7) is 2.18. The van der Waals surface area contributed by atoms with Crippen LogP contribution in [0.1, 0.15) is 10.4 Å². The summed E-state index contributed by atoms with van der Waals surface area (Å²) >= 11 is 0. The molecule has 0 aliphatic carbocycles. The van der Waals surface area contributed by atoms with E-state index in [4.69, 9.17) is 14.2 Å². The van der Waals surface area contributed by atoms with Crippen LogP contribution in [-0.4, -0.2) is 80.4 Å². The van der Waals surface area contributed by atoms with E-state index in [-0.39, 0.29) is 30.3 Å². The molecule has 1 spiro atoms. The fourth-order valence-corrected chi connectivity index (χ4v) is 3.63. The van der Waals surface area contributed by atoms with Gasteiger partial charge in [-0.3, -0.25) is 14.5 Å². The van der Waals surface area contributed by atoms with Crippen LogP contribution in [0.15, 0.2) is 18.2 Å². The van der Waals surface area contributed by atoms with Crippen LogP contribution >= 0.6 is 0 Å². The molecule has 1 atom stereocenters. The number of ether oxygens (including phenoxy) is 3. The first-order valence-corrected chi connectivity index (χ1v) is 8.26. The number of carbonyl (C=O) groups is 2. The standard InChI is InChI=1S/C17H21N3O5/c1-18-15(21)12-6-25-17(7-19(12)2)8-20(9-17)16(22)11-3-4-13-14(5-11)24-10-23-13/h3-5,12H,6-10H2,1-2H3,(H,18,21)/t12-/m0/s1. The second-order valence-electron chi connectivity index (χ2n) is 6.77. The SMILES string of the molecule is CNC(=O)[C@@H]1COC2(CN(C(=O)c3ccc4c(c3)OCO4)C2)CN1C. The third kappa shape index (κ3) is 2.71. The lowest BCUT2D eigenvalue weighted by molar-refractivity contribution is -0.187. The summed E-state index contributed by atoms with van der Waals surface area (Å²) in [6, 6.07) is 4.93. The molecule has 2 saturated heterocycles. The van der Waals surface area contributed by atoms with Gasteiger partial charge < -0.3 is 24.4 Å². The number of carbonyl (C=O) groups excluding carboxylic acids is 2. The third-order valence-electron chi connectivity index (χ3n) is 5.03. The zero-order chi connectivity index (χ0) is 17.6. The maximum absolute atomic E-state index is 12.6. The molecule has 25 heavy (non-hydrogen) atoms. The van der Waals surface area contributed by atoms with E-state index < -0.39 is 0 Å². The number of fused-ring (bicyclic) bond motifs is 1. The molecular weight excluding hydrogens is 326 g/mol. The normalized spacial score (nSPS) is 24.1. The van der Waals surface area contributed by atoms with Crippen molar-refractivity contribution in [1.82, 2.24) is 15.1 Å². The van der Waals surface area contributed by atoms with Gasteiger partial charge in [-0.05, 0) is 25.2 Å². The molecule has 0 bridgehead atoms. The Labute approximate surface area is 145 Å². The maximum atomic E-state index is 12.6. The fourth-order valence-electron chi connectivity index (χ4n) is 3.63. The van der Waals surface area contributed by atoms with Gasteiger partial charge in [-0.15, -0.1) is 0 Å². The van der Waals surface area contributed by atoms with Gasteiger partial charge >= 0.3 is 0 Å². The quantitative estimate of drug-likeness (QED) is 0.790. The molecular formula is C17H21N3O5. The molecule has 3 heterocycles. The average Bonchev–Trinajstić information content (AvgIpc) is 3.05. The summed E-state index contributed by atoms with van der Waals surface area (Å²) in [5.41, 5.74) is 0.192. The predicted molar refractivity (Wildman–Crippen MR) is 87.6 cm³/mol. The van der Waals surface area contributed by atoms with Gasteiger partial charge in [0.15, 0.2) is 11.5 Å². The Morgan fingerprint density at radius 1 is 1.20 bits per heavy atom. The summed E-state index contributed by atoms with van der Waals surface area (Å²) in [5.74, 6) is 1.16. The van der Waals surface area contributed by atoms with Crippen LogP contribution < -0.4 is 14.8 Å². The Balaban J connectivity index is 1.39. The van der Waals surface area contributed by atoms with Crippen molar-refractivity contribution < 1.29 is 23.8 Å². The highest BCUT2D eigenvalue weighted by atomic mass is 16.7. The number of rotatable bonds is 2. The van der Waals surface area contributed by atoms with Gasteiger partial charge in [-0.2, -0.15) is 0 Å². The summed E-state index contributed by atoms with van der Waals surface area (Å²) in [7, 11) is 3.53. The van der Waals surface area contributed by atoms with Gasteiger partial charge in [-0.25, -0.2) is 0 Å². The van der Waals surface area contributed by atoms with Crippen molar-refractivity contribution in [1.29, 1.82) is 0 Å². The number of likely N-dealkylation sites (tertiary alicyclic amines) is 1. The fraction of sp³-hybridized carbons (Fsp3) is 0.529. The van der Waals surface area contributed by atoms with E-state index >= 15 is 0 Å². The molecule has 4 rings (SSSR count). The van der Waals surface area contributed by atoms with Gasteiger partial charge in [0.25, 0.3) is 5.91 Å². The van der Waals surface area contributed by atoms with E-state index in [0.717, 1.165) is 0 Å². The zero-order valence-electron chi connectivity index (χ0n) is 14.3. The Bertz CT molecular complexity index is 716. The number of amides is 2. The molecule has 0 saturated carbocycles. The first kappa shape index (κ1) is 16.2. The van der Waals surface area contributed by atoms with E-state index in [0.29, 0.717) is 43.3 Å². The second kappa shape index (κ2) is 5.89. The Kier molecular flexibility index (Phi) is 3.81. The van der Waals surface area contributed by atoms with E-state index in [2.05, 4.69) is 5.32 Å². The molecule has 0 radical (unpaired) electrons. The molecule has 1 aromatic rings. The number of likely N-dealkylation sites (N-methyl/N-ethyl adjacent to an activating group) is 2. The van der Waals surface area contributed by atoms with E-state index in [9.17, 15) is 9.59 Å². The molecule has 1 N–H and O–H groups in total. The molecule has 8 heteroatoms. The highest BCUT2D eigenvalue weighted by molar-refractivity contribution is 5.95.